The van der Waals surface area contributed by atoms with E-state index in [0.717, 1.165) is 52.7 Å². The molecule has 31 heavy (non-hydrogen) atoms. The van der Waals surface area contributed by atoms with E-state index in [1.165, 1.54) is 0 Å². The molecule has 2 atom stereocenters. The lowest BCUT2D eigenvalue weighted by atomic mass is 10.0. The smallest absolute Gasteiger partial charge is 0.137 e. The molecule has 2 aromatic heterocycles. The van der Waals surface area contributed by atoms with Crippen LogP contribution in [0.25, 0.3) is 27.6 Å². The van der Waals surface area contributed by atoms with Crippen molar-refractivity contribution in [1.82, 2.24) is 20.2 Å². The summed E-state index contributed by atoms with van der Waals surface area (Å²) in [6, 6.07) is 8.33. The van der Waals surface area contributed by atoms with Gasteiger partial charge in [0.15, 0.2) is 0 Å². The summed E-state index contributed by atoms with van der Waals surface area (Å²) >= 11 is 6.59. The first-order valence-corrected chi connectivity index (χ1v) is 10.9. The first-order chi connectivity index (χ1) is 15.2. The second-order valence-corrected chi connectivity index (χ2v) is 8.41. The number of nitrogens with zero attached hydrogens (tertiary/aromatic N) is 2. The minimum absolute atomic E-state index is 0.120. The molecule has 0 bridgehead atoms. The number of aromatic nitrogens is 2. The molecule has 0 radical (unpaired) electrons. The van der Waals surface area contributed by atoms with Gasteiger partial charge in [-0.25, -0.2) is 0 Å². The number of benzene rings is 1. The van der Waals surface area contributed by atoms with Gasteiger partial charge in [0.05, 0.1) is 31.1 Å². The van der Waals surface area contributed by atoms with Gasteiger partial charge in [0.1, 0.15) is 5.75 Å². The normalized spacial score (nSPS) is 21.3. The second kappa shape index (κ2) is 8.38. The highest BCUT2D eigenvalue weighted by molar-refractivity contribution is 6.34. The molecule has 0 spiro atoms. The van der Waals surface area contributed by atoms with Crippen molar-refractivity contribution in [3.8, 4) is 16.9 Å². The fourth-order valence-corrected chi connectivity index (χ4v) is 4.75. The molecule has 3 N–H and O–H groups in total. The maximum absolute atomic E-state index is 9.60. The second-order valence-electron chi connectivity index (χ2n) is 8.00. The van der Waals surface area contributed by atoms with Crippen molar-refractivity contribution in [2.75, 3.05) is 20.3 Å². The molecule has 2 aliphatic heterocycles. The average molecular weight is 437 g/mol. The molecule has 0 aliphatic carbocycles. The van der Waals surface area contributed by atoms with Crippen molar-refractivity contribution in [3.05, 3.63) is 65.7 Å². The minimum atomic E-state index is 0.120. The van der Waals surface area contributed by atoms with Crippen molar-refractivity contribution < 1.29 is 9.84 Å². The highest BCUT2D eigenvalue weighted by Crippen LogP contribution is 2.34. The van der Waals surface area contributed by atoms with E-state index in [-0.39, 0.29) is 18.8 Å². The van der Waals surface area contributed by atoms with Crippen molar-refractivity contribution in [3.63, 3.8) is 0 Å². The Kier molecular flexibility index (Phi) is 5.44. The lowest BCUT2D eigenvalue weighted by molar-refractivity contribution is 0.128. The molecule has 1 saturated heterocycles. The zero-order valence-electron chi connectivity index (χ0n) is 17.3. The van der Waals surface area contributed by atoms with E-state index in [4.69, 9.17) is 16.3 Å². The van der Waals surface area contributed by atoms with Gasteiger partial charge < -0.3 is 20.1 Å². The molecule has 0 amide bonds. The highest BCUT2D eigenvalue weighted by Gasteiger charge is 2.29. The standard InChI is InChI=1S/C24H25ClN4O2/c1-31-19-7-17(11-26-13-19)20-8-16-9-22(28-23(16)10-21(20)25)15-4-5-24(27-12-15)29-6-2-3-18(29)14-30/h4-5,7-13,18,24,27-28,30H,2-3,6,14H2,1H3. The third kappa shape index (κ3) is 3.82. The SMILES string of the molecule is COc1cncc(-c2cc3cc(C4=CNC(N5CCCC5CO)C=C4)[nH]c3cc2Cl)c1. The third-order valence-electron chi connectivity index (χ3n) is 6.14. The molecule has 3 aromatic rings. The number of nitrogens with one attached hydrogen (secondary N) is 2. The number of hydrogen-bond acceptors (Lipinski definition) is 5. The lowest BCUT2D eigenvalue weighted by Crippen LogP contribution is -2.47. The Labute approximate surface area is 186 Å². The number of aliphatic hydroxyl groups is 1. The van der Waals surface area contributed by atoms with Gasteiger partial charge in [-0.05, 0) is 43.2 Å². The van der Waals surface area contributed by atoms with Crippen LogP contribution in [-0.4, -0.2) is 52.4 Å². The Morgan fingerprint density at radius 2 is 2.16 bits per heavy atom. The fraction of sp³-hybridized carbons (Fsp3) is 0.292. The van der Waals surface area contributed by atoms with Crippen molar-refractivity contribution in [2.45, 2.75) is 25.0 Å². The van der Waals surface area contributed by atoms with Crippen LogP contribution in [0.15, 0.2) is 55.0 Å². The largest absolute Gasteiger partial charge is 0.495 e. The molecule has 7 heteroatoms. The number of ether oxygens (including phenoxy) is 1. The number of aliphatic hydroxyl groups excluding tert-OH is 1. The maximum Gasteiger partial charge on any atom is 0.137 e. The molecule has 2 unspecified atom stereocenters. The number of likely N-dealkylation sites (tertiary alicyclic amines) is 1. The number of H-pyrrole nitrogens is 1. The molecule has 5 rings (SSSR count). The first kappa shape index (κ1) is 20.1. The Morgan fingerprint density at radius 1 is 1.26 bits per heavy atom. The summed E-state index contributed by atoms with van der Waals surface area (Å²) in [5, 5.41) is 14.8. The number of allylic oxidation sites excluding steroid dienone is 2. The van der Waals surface area contributed by atoms with Crippen LogP contribution in [0.3, 0.4) is 0 Å². The highest BCUT2D eigenvalue weighted by atomic mass is 35.5. The zero-order valence-corrected chi connectivity index (χ0v) is 18.1. The van der Waals surface area contributed by atoms with Gasteiger partial charge in [-0.1, -0.05) is 17.7 Å². The quantitative estimate of drug-likeness (QED) is 0.559. The van der Waals surface area contributed by atoms with Crippen LogP contribution in [0.2, 0.25) is 5.02 Å². The fourth-order valence-electron chi connectivity index (χ4n) is 4.48. The third-order valence-corrected chi connectivity index (χ3v) is 6.45. The van der Waals surface area contributed by atoms with Gasteiger partial charge in [0.2, 0.25) is 0 Å². The average Bonchev–Trinajstić information content (AvgIpc) is 3.45. The van der Waals surface area contributed by atoms with Gasteiger partial charge in [0.25, 0.3) is 0 Å². The van der Waals surface area contributed by atoms with Gasteiger partial charge >= 0.3 is 0 Å². The van der Waals surface area contributed by atoms with Gasteiger partial charge in [-0.2, -0.15) is 0 Å². The van der Waals surface area contributed by atoms with Gasteiger partial charge in [-0.3, -0.25) is 9.88 Å². The van der Waals surface area contributed by atoms with Crippen LogP contribution in [0.1, 0.15) is 18.5 Å². The predicted octanol–water partition coefficient (Wildman–Crippen LogP) is 4.18. The Balaban J connectivity index is 1.41. The molecule has 2 aliphatic rings. The van der Waals surface area contributed by atoms with Crippen molar-refractivity contribution in [2.24, 2.45) is 0 Å². The van der Waals surface area contributed by atoms with E-state index in [2.05, 4.69) is 44.5 Å². The van der Waals surface area contributed by atoms with E-state index in [1.54, 1.807) is 19.5 Å². The summed E-state index contributed by atoms with van der Waals surface area (Å²) in [5.41, 5.74) is 4.92. The molecular weight excluding hydrogens is 412 g/mol. The number of pyridine rings is 1. The topological polar surface area (TPSA) is 73.4 Å². The molecular formula is C24H25ClN4O2. The summed E-state index contributed by atoms with van der Waals surface area (Å²) in [6.45, 7) is 1.21. The summed E-state index contributed by atoms with van der Waals surface area (Å²) in [6.07, 6.45) is 12.1. The van der Waals surface area contributed by atoms with Crippen LogP contribution in [0, 0.1) is 0 Å². The molecule has 160 valence electrons. The number of fused-ring (bicyclic) bond motifs is 1. The Morgan fingerprint density at radius 3 is 2.94 bits per heavy atom. The lowest BCUT2D eigenvalue weighted by Gasteiger charge is -2.32. The summed E-state index contributed by atoms with van der Waals surface area (Å²) in [5.74, 6) is 0.697. The van der Waals surface area contributed by atoms with E-state index in [1.807, 2.05) is 18.3 Å². The van der Waals surface area contributed by atoms with Gasteiger partial charge in [-0.15, -0.1) is 0 Å². The van der Waals surface area contributed by atoms with Crippen molar-refractivity contribution in [1.29, 1.82) is 0 Å². The zero-order chi connectivity index (χ0) is 21.4. The predicted molar refractivity (Wildman–Crippen MR) is 124 cm³/mol. The van der Waals surface area contributed by atoms with Crippen LogP contribution in [0.5, 0.6) is 5.75 Å². The number of dihydropyridines is 1. The summed E-state index contributed by atoms with van der Waals surface area (Å²) in [4.78, 5) is 10.0. The summed E-state index contributed by atoms with van der Waals surface area (Å²) in [7, 11) is 1.63. The van der Waals surface area contributed by atoms with E-state index < -0.39 is 0 Å². The number of halogens is 1. The number of hydrogen-bond donors (Lipinski definition) is 3. The van der Waals surface area contributed by atoms with Crippen LogP contribution < -0.4 is 10.1 Å². The Bertz CT molecular complexity index is 1170. The molecule has 1 fully saturated rings. The number of rotatable bonds is 5. The minimum Gasteiger partial charge on any atom is -0.495 e. The monoisotopic (exact) mass is 436 g/mol. The van der Waals surface area contributed by atoms with Crippen molar-refractivity contribution >= 4 is 28.1 Å². The first-order valence-electron chi connectivity index (χ1n) is 10.5. The molecule has 1 aromatic carbocycles. The maximum atomic E-state index is 9.60. The van der Waals surface area contributed by atoms with E-state index in [0.29, 0.717) is 10.8 Å². The van der Waals surface area contributed by atoms with E-state index in [9.17, 15) is 5.11 Å². The number of aromatic amines is 1. The van der Waals surface area contributed by atoms with Crippen LogP contribution in [-0.2, 0) is 0 Å². The van der Waals surface area contributed by atoms with Crippen LogP contribution in [0.4, 0.5) is 0 Å². The Hall–Kier alpha value is -2.80. The summed E-state index contributed by atoms with van der Waals surface area (Å²) < 4.78 is 5.30. The van der Waals surface area contributed by atoms with Crippen LogP contribution >= 0.6 is 11.6 Å². The molecule has 4 heterocycles. The molecule has 6 nitrogen and oxygen atoms in total. The molecule has 0 saturated carbocycles. The van der Waals surface area contributed by atoms with E-state index >= 15 is 0 Å². The van der Waals surface area contributed by atoms with Gasteiger partial charge in [0, 0.05) is 58.3 Å². The number of methoxy groups -OCH3 is 1.